The van der Waals surface area contributed by atoms with Crippen LogP contribution < -0.4 is 10.1 Å². The number of benzene rings is 2. The molecule has 3 nitrogen and oxygen atoms in total. The summed E-state index contributed by atoms with van der Waals surface area (Å²) in [5.41, 5.74) is 3.59. The van der Waals surface area contributed by atoms with Crippen LogP contribution in [0.5, 0.6) is 5.75 Å². The van der Waals surface area contributed by atoms with Crippen LogP contribution in [-0.4, -0.2) is 7.11 Å². The molecule has 0 aliphatic heterocycles. The Kier molecular flexibility index (Phi) is 4.08. The fourth-order valence-electron chi connectivity index (χ4n) is 1.80. The number of hydrogen-bond acceptors (Lipinski definition) is 3. The minimum Gasteiger partial charge on any atom is -0.496 e. The van der Waals surface area contributed by atoms with Gasteiger partial charge in [-0.25, -0.2) is 0 Å². The van der Waals surface area contributed by atoms with Crippen molar-refractivity contribution in [3.05, 3.63) is 52.0 Å². The lowest BCUT2D eigenvalue weighted by atomic mass is 10.2. The van der Waals surface area contributed by atoms with Crippen molar-refractivity contribution >= 4 is 27.3 Å². The molecule has 0 radical (unpaired) electrons. The van der Waals surface area contributed by atoms with Gasteiger partial charge in [-0.1, -0.05) is 0 Å². The maximum atomic E-state index is 8.83. The van der Waals surface area contributed by atoms with E-state index in [-0.39, 0.29) is 0 Å². The van der Waals surface area contributed by atoms with Gasteiger partial charge in [-0.2, -0.15) is 5.26 Å². The number of halogens is 1. The van der Waals surface area contributed by atoms with E-state index in [1.54, 1.807) is 19.2 Å². The molecule has 0 aliphatic rings. The Morgan fingerprint density at radius 1 is 1.21 bits per heavy atom. The highest BCUT2D eigenvalue weighted by molar-refractivity contribution is 9.10. The Morgan fingerprint density at radius 2 is 2.00 bits per heavy atom. The molecule has 2 rings (SSSR count). The second-order valence-corrected chi connectivity index (χ2v) is 4.97. The molecule has 0 fully saturated rings. The zero-order valence-corrected chi connectivity index (χ0v) is 12.3. The van der Waals surface area contributed by atoms with Gasteiger partial charge in [0.2, 0.25) is 0 Å². The number of nitriles is 1. The highest BCUT2D eigenvalue weighted by atomic mass is 79.9. The largest absolute Gasteiger partial charge is 0.496 e. The quantitative estimate of drug-likeness (QED) is 0.913. The van der Waals surface area contributed by atoms with Crippen LogP contribution in [0.25, 0.3) is 0 Å². The SMILES string of the molecule is COc1ccc(Nc2ccc(C#N)cc2Br)cc1C. The van der Waals surface area contributed by atoms with Crippen molar-refractivity contribution in [2.24, 2.45) is 0 Å². The van der Waals surface area contributed by atoms with E-state index in [4.69, 9.17) is 10.00 Å². The minimum absolute atomic E-state index is 0.628. The van der Waals surface area contributed by atoms with Crippen molar-refractivity contribution < 1.29 is 4.74 Å². The molecule has 0 aromatic heterocycles. The summed E-state index contributed by atoms with van der Waals surface area (Å²) < 4.78 is 6.09. The lowest BCUT2D eigenvalue weighted by molar-refractivity contribution is 0.412. The van der Waals surface area contributed by atoms with Crippen LogP contribution in [-0.2, 0) is 0 Å². The third kappa shape index (κ3) is 3.07. The second-order valence-electron chi connectivity index (χ2n) is 4.12. The lowest BCUT2D eigenvalue weighted by Gasteiger charge is -2.11. The Hall–Kier alpha value is -1.99. The Balaban J connectivity index is 2.26. The van der Waals surface area contributed by atoms with Crippen molar-refractivity contribution in [3.63, 3.8) is 0 Å². The highest BCUT2D eigenvalue weighted by Crippen LogP contribution is 2.29. The van der Waals surface area contributed by atoms with Gasteiger partial charge in [-0.15, -0.1) is 0 Å². The monoisotopic (exact) mass is 316 g/mol. The van der Waals surface area contributed by atoms with Gasteiger partial charge < -0.3 is 10.1 Å². The van der Waals surface area contributed by atoms with Crippen LogP contribution in [0.2, 0.25) is 0 Å². The van der Waals surface area contributed by atoms with Crippen LogP contribution in [0.3, 0.4) is 0 Å². The zero-order chi connectivity index (χ0) is 13.8. The van der Waals surface area contributed by atoms with Crippen LogP contribution in [0.1, 0.15) is 11.1 Å². The molecule has 4 heteroatoms. The number of ether oxygens (including phenoxy) is 1. The van der Waals surface area contributed by atoms with Crippen LogP contribution in [0, 0.1) is 18.3 Å². The minimum atomic E-state index is 0.628. The average molecular weight is 317 g/mol. The number of methoxy groups -OCH3 is 1. The second kappa shape index (κ2) is 5.77. The third-order valence-corrected chi connectivity index (χ3v) is 3.43. The number of rotatable bonds is 3. The van der Waals surface area contributed by atoms with E-state index in [0.29, 0.717) is 5.56 Å². The molecular weight excluding hydrogens is 304 g/mol. The molecule has 0 aliphatic carbocycles. The number of hydrogen-bond donors (Lipinski definition) is 1. The molecule has 2 aromatic carbocycles. The predicted molar refractivity (Wildman–Crippen MR) is 79.9 cm³/mol. The molecule has 0 amide bonds. The molecule has 0 unspecified atom stereocenters. The summed E-state index contributed by atoms with van der Waals surface area (Å²) in [4.78, 5) is 0. The van der Waals surface area contributed by atoms with Gasteiger partial charge in [0.25, 0.3) is 0 Å². The summed E-state index contributed by atoms with van der Waals surface area (Å²) >= 11 is 3.45. The number of nitrogens with zero attached hydrogens (tertiary/aromatic N) is 1. The zero-order valence-electron chi connectivity index (χ0n) is 10.7. The maximum Gasteiger partial charge on any atom is 0.121 e. The van der Waals surface area contributed by atoms with E-state index in [0.717, 1.165) is 27.2 Å². The molecule has 2 aromatic rings. The molecule has 0 saturated carbocycles. The topological polar surface area (TPSA) is 45.0 Å². The predicted octanol–water partition coefficient (Wildman–Crippen LogP) is 4.38. The molecule has 0 heterocycles. The summed E-state index contributed by atoms with van der Waals surface area (Å²) in [5.74, 6) is 0.865. The molecule has 0 atom stereocenters. The van der Waals surface area contributed by atoms with Gasteiger partial charge in [0.1, 0.15) is 5.75 Å². The van der Waals surface area contributed by atoms with Crippen molar-refractivity contribution in [1.82, 2.24) is 0 Å². The first-order valence-electron chi connectivity index (χ1n) is 5.75. The van der Waals surface area contributed by atoms with Crippen LogP contribution in [0.15, 0.2) is 40.9 Å². The van der Waals surface area contributed by atoms with Crippen molar-refractivity contribution in [2.45, 2.75) is 6.92 Å². The van der Waals surface area contributed by atoms with E-state index in [2.05, 4.69) is 27.3 Å². The van der Waals surface area contributed by atoms with E-state index >= 15 is 0 Å². The first-order valence-corrected chi connectivity index (χ1v) is 6.54. The van der Waals surface area contributed by atoms with Gasteiger partial charge >= 0.3 is 0 Å². The van der Waals surface area contributed by atoms with E-state index in [1.807, 2.05) is 31.2 Å². The summed E-state index contributed by atoms with van der Waals surface area (Å²) in [6, 6.07) is 13.5. The Morgan fingerprint density at radius 3 is 2.58 bits per heavy atom. The molecule has 0 bridgehead atoms. The molecule has 1 N–H and O–H groups in total. The molecule has 0 saturated heterocycles. The Bertz CT molecular complexity index is 647. The number of aryl methyl sites for hydroxylation is 1. The summed E-state index contributed by atoms with van der Waals surface area (Å²) in [7, 11) is 1.66. The van der Waals surface area contributed by atoms with E-state index in [9.17, 15) is 0 Å². The van der Waals surface area contributed by atoms with Crippen molar-refractivity contribution in [3.8, 4) is 11.8 Å². The first-order chi connectivity index (χ1) is 9.13. The van der Waals surface area contributed by atoms with E-state index < -0.39 is 0 Å². The van der Waals surface area contributed by atoms with Gasteiger partial charge in [0, 0.05) is 10.2 Å². The summed E-state index contributed by atoms with van der Waals surface area (Å²) in [6.45, 7) is 2.00. The number of anilines is 2. The molecular formula is C15H13BrN2O. The average Bonchev–Trinajstić information content (AvgIpc) is 2.41. The molecule has 0 spiro atoms. The van der Waals surface area contributed by atoms with Gasteiger partial charge in [-0.3, -0.25) is 0 Å². The van der Waals surface area contributed by atoms with Crippen molar-refractivity contribution in [2.75, 3.05) is 12.4 Å². The number of nitrogens with one attached hydrogen (secondary N) is 1. The standard InChI is InChI=1S/C15H13BrN2O/c1-10-7-12(4-6-15(10)19-2)18-14-5-3-11(9-17)8-13(14)16/h3-8,18H,1-2H3. The Labute approximate surface area is 121 Å². The summed E-state index contributed by atoms with van der Waals surface area (Å²) in [5, 5.41) is 12.1. The fraction of sp³-hybridized carbons (Fsp3) is 0.133. The molecule has 96 valence electrons. The summed E-state index contributed by atoms with van der Waals surface area (Å²) in [6.07, 6.45) is 0. The van der Waals surface area contributed by atoms with E-state index in [1.165, 1.54) is 0 Å². The van der Waals surface area contributed by atoms with Crippen LogP contribution >= 0.6 is 15.9 Å². The van der Waals surface area contributed by atoms with Gasteiger partial charge in [0.15, 0.2) is 0 Å². The van der Waals surface area contributed by atoms with Crippen LogP contribution in [0.4, 0.5) is 11.4 Å². The smallest absolute Gasteiger partial charge is 0.121 e. The van der Waals surface area contributed by atoms with Gasteiger partial charge in [-0.05, 0) is 64.8 Å². The van der Waals surface area contributed by atoms with Crippen molar-refractivity contribution in [1.29, 1.82) is 5.26 Å². The fourth-order valence-corrected chi connectivity index (χ4v) is 2.28. The maximum absolute atomic E-state index is 8.83. The normalized spacial score (nSPS) is 9.79. The highest BCUT2D eigenvalue weighted by Gasteiger charge is 2.04. The molecule has 19 heavy (non-hydrogen) atoms. The lowest BCUT2D eigenvalue weighted by Crippen LogP contribution is -1.94. The van der Waals surface area contributed by atoms with Gasteiger partial charge in [0.05, 0.1) is 24.4 Å². The first kappa shape index (κ1) is 13.4. The third-order valence-electron chi connectivity index (χ3n) is 2.77.